The van der Waals surface area contributed by atoms with Crippen LogP contribution in [0.1, 0.15) is 51.9 Å². The molecule has 1 atom stereocenters. The van der Waals surface area contributed by atoms with Crippen LogP contribution in [-0.2, 0) is 19.4 Å². The third-order valence-corrected chi connectivity index (χ3v) is 3.99. The SMILES string of the molecule is CCCC(CNCC)Cc1c(Cl)c(CC)nn1CC. The minimum absolute atomic E-state index is 0.647. The molecule has 0 radical (unpaired) electrons. The molecule has 3 nitrogen and oxygen atoms in total. The molecule has 0 saturated carbocycles. The largest absolute Gasteiger partial charge is 0.317 e. The molecule has 19 heavy (non-hydrogen) atoms. The van der Waals surface area contributed by atoms with E-state index in [0.717, 1.165) is 43.2 Å². The number of aryl methyl sites for hydroxylation is 2. The summed E-state index contributed by atoms with van der Waals surface area (Å²) in [7, 11) is 0. The quantitative estimate of drug-likeness (QED) is 0.750. The van der Waals surface area contributed by atoms with Gasteiger partial charge in [-0.2, -0.15) is 5.10 Å². The normalized spacial score (nSPS) is 12.9. The molecule has 0 fully saturated rings. The second-order valence-corrected chi connectivity index (χ2v) is 5.42. The maximum atomic E-state index is 6.48. The summed E-state index contributed by atoms with van der Waals surface area (Å²) in [5.74, 6) is 0.647. The molecule has 0 aliphatic rings. The van der Waals surface area contributed by atoms with E-state index in [4.69, 9.17) is 11.6 Å². The molecule has 1 rings (SSSR count). The number of nitrogens with one attached hydrogen (secondary N) is 1. The molecule has 0 spiro atoms. The molecule has 1 N–H and O–H groups in total. The topological polar surface area (TPSA) is 29.9 Å². The van der Waals surface area contributed by atoms with Gasteiger partial charge in [0.05, 0.1) is 16.4 Å². The third-order valence-electron chi connectivity index (χ3n) is 3.56. The van der Waals surface area contributed by atoms with Crippen molar-refractivity contribution in [1.29, 1.82) is 0 Å². The Kier molecular flexibility index (Phi) is 7.47. The van der Waals surface area contributed by atoms with Crippen LogP contribution in [0.25, 0.3) is 0 Å². The summed E-state index contributed by atoms with van der Waals surface area (Å²) < 4.78 is 2.08. The monoisotopic (exact) mass is 285 g/mol. The summed E-state index contributed by atoms with van der Waals surface area (Å²) in [6.07, 6.45) is 4.39. The second-order valence-electron chi connectivity index (χ2n) is 5.04. The number of halogens is 1. The zero-order chi connectivity index (χ0) is 14.3. The van der Waals surface area contributed by atoms with Crippen LogP contribution in [0.4, 0.5) is 0 Å². The second kappa shape index (κ2) is 8.60. The highest BCUT2D eigenvalue weighted by Crippen LogP contribution is 2.25. The van der Waals surface area contributed by atoms with Crippen molar-refractivity contribution in [2.45, 2.75) is 59.9 Å². The molecular weight excluding hydrogens is 258 g/mol. The highest BCUT2D eigenvalue weighted by Gasteiger charge is 2.18. The van der Waals surface area contributed by atoms with Gasteiger partial charge in [0, 0.05) is 6.54 Å². The van der Waals surface area contributed by atoms with Crippen LogP contribution in [-0.4, -0.2) is 22.9 Å². The van der Waals surface area contributed by atoms with E-state index in [9.17, 15) is 0 Å². The first-order valence-electron chi connectivity index (χ1n) is 7.62. The number of rotatable bonds is 9. The summed E-state index contributed by atoms with van der Waals surface area (Å²) in [6, 6.07) is 0. The van der Waals surface area contributed by atoms with E-state index in [1.165, 1.54) is 18.5 Å². The van der Waals surface area contributed by atoms with Gasteiger partial charge in [-0.25, -0.2) is 0 Å². The van der Waals surface area contributed by atoms with Gasteiger partial charge in [-0.15, -0.1) is 0 Å². The molecule has 0 bridgehead atoms. The Labute approximate surface area is 122 Å². The zero-order valence-corrected chi connectivity index (χ0v) is 13.6. The van der Waals surface area contributed by atoms with Gasteiger partial charge in [-0.05, 0) is 45.2 Å². The molecule has 0 aliphatic heterocycles. The summed E-state index contributed by atoms with van der Waals surface area (Å²) >= 11 is 6.48. The van der Waals surface area contributed by atoms with Crippen molar-refractivity contribution in [1.82, 2.24) is 15.1 Å². The van der Waals surface area contributed by atoms with E-state index in [-0.39, 0.29) is 0 Å². The predicted octanol–water partition coefficient (Wildman–Crippen LogP) is 3.69. The molecule has 1 unspecified atom stereocenters. The van der Waals surface area contributed by atoms with Crippen LogP contribution in [0.5, 0.6) is 0 Å². The number of aromatic nitrogens is 2. The van der Waals surface area contributed by atoms with Gasteiger partial charge in [0.1, 0.15) is 0 Å². The lowest BCUT2D eigenvalue weighted by atomic mass is 9.97. The first-order valence-corrected chi connectivity index (χ1v) is 8.00. The average molecular weight is 286 g/mol. The van der Waals surface area contributed by atoms with Gasteiger partial charge in [0.2, 0.25) is 0 Å². The van der Waals surface area contributed by atoms with Crippen molar-refractivity contribution < 1.29 is 0 Å². The van der Waals surface area contributed by atoms with Gasteiger partial charge in [-0.3, -0.25) is 4.68 Å². The fourth-order valence-electron chi connectivity index (χ4n) is 2.52. The molecule has 1 aromatic heterocycles. The summed E-state index contributed by atoms with van der Waals surface area (Å²) in [5.41, 5.74) is 2.26. The van der Waals surface area contributed by atoms with Crippen molar-refractivity contribution in [2.75, 3.05) is 13.1 Å². The Balaban J connectivity index is 2.84. The lowest BCUT2D eigenvalue weighted by molar-refractivity contribution is 0.429. The standard InChI is InChI=1S/C15H28ClN3/c1-5-9-12(11-17-7-3)10-14-15(16)13(6-2)18-19(14)8-4/h12,17H,5-11H2,1-4H3. The van der Waals surface area contributed by atoms with Crippen LogP contribution in [0.3, 0.4) is 0 Å². The van der Waals surface area contributed by atoms with Crippen molar-refractivity contribution in [3.05, 3.63) is 16.4 Å². The van der Waals surface area contributed by atoms with Crippen LogP contribution in [0.2, 0.25) is 5.02 Å². The van der Waals surface area contributed by atoms with E-state index in [0.29, 0.717) is 5.92 Å². The maximum Gasteiger partial charge on any atom is 0.0849 e. The van der Waals surface area contributed by atoms with Crippen LogP contribution in [0.15, 0.2) is 0 Å². The number of nitrogens with zero attached hydrogens (tertiary/aromatic N) is 2. The number of hydrogen-bond donors (Lipinski definition) is 1. The van der Waals surface area contributed by atoms with Gasteiger partial charge in [0.15, 0.2) is 0 Å². The van der Waals surface area contributed by atoms with Crippen molar-refractivity contribution >= 4 is 11.6 Å². The fourth-order valence-corrected chi connectivity index (χ4v) is 2.86. The maximum absolute atomic E-state index is 6.48. The van der Waals surface area contributed by atoms with Crippen molar-refractivity contribution in [3.8, 4) is 0 Å². The summed E-state index contributed by atoms with van der Waals surface area (Å²) in [5, 5.41) is 8.95. The van der Waals surface area contributed by atoms with E-state index in [1.807, 2.05) is 0 Å². The highest BCUT2D eigenvalue weighted by atomic mass is 35.5. The van der Waals surface area contributed by atoms with Gasteiger partial charge in [0.25, 0.3) is 0 Å². The van der Waals surface area contributed by atoms with Crippen molar-refractivity contribution in [3.63, 3.8) is 0 Å². The van der Waals surface area contributed by atoms with E-state index in [2.05, 4.69) is 42.8 Å². The smallest absolute Gasteiger partial charge is 0.0849 e. The molecule has 0 saturated heterocycles. The number of hydrogen-bond acceptors (Lipinski definition) is 2. The molecular formula is C15H28ClN3. The molecule has 1 aromatic rings. The van der Waals surface area contributed by atoms with Gasteiger partial charge >= 0.3 is 0 Å². The van der Waals surface area contributed by atoms with Gasteiger partial charge < -0.3 is 5.32 Å². The molecule has 110 valence electrons. The van der Waals surface area contributed by atoms with Crippen LogP contribution in [0, 0.1) is 5.92 Å². The molecule has 0 amide bonds. The van der Waals surface area contributed by atoms with E-state index < -0.39 is 0 Å². The Morgan fingerprint density at radius 2 is 2.00 bits per heavy atom. The lowest BCUT2D eigenvalue weighted by Crippen LogP contribution is -2.25. The summed E-state index contributed by atoms with van der Waals surface area (Å²) in [6.45, 7) is 11.6. The van der Waals surface area contributed by atoms with E-state index >= 15 is 0 Å². The fraction of sp³-hybridized carbons (Fsp3) is 0.800. The molecule has 0 aliphatic carbocycles. The first-order chi connectivity index (χ1) is 9.17. The average Bonchev–Trinajstić information content (AvgIpc) is 2.72. The molecule has 1 heterocycles. The summed E-state index contributed by atoms with van der Waals surface area (Å²) in [4.78, 5) is 0. The Bertz CT molecular complexity index is 374. The molecule has 0 aromatic carbocycles. The third kappa shape index (κ3) is 4.50. The zero-order valence-electron chi connectivity index (χ0n) is 12.8. The Hall–Kier alpha value is -0.540. The molecule has 4 heteroatoms. The van der Waals surface area contributed by atoms with Crippen LogP contribution < -0.4 is 5.32 Å². The van der Waals surface area contributed by atoms with Gasteiger partial charge in [-0.1, -0.05) is 38.8 Å². The van der Waals surface area contributed by atoms with Crippen molar-refractivity contribution in [2.24, 2.45) is 5.92 Å². The van der Waals surface area contributed by atoms with E-state index in [1.54, 1.807) is 0 Å². The first kappa shape index (κ1) is 16.5. The lowest BCUT2D eigenvalue weighted by Gasteiger charge is -2.17. The Morgan fingerprint density at radius 1 is 1.26 bits per heavy atom. The minimum atomic E-state index is 0.647. The van der Waals surface area contributed by atoms with Crippen LogP contribution >= 0.6 is 11.6 Å². The Morgan fingerprint density at radius 3 is 2.53 bits per heavy atom. The minimum Gasteiger partial charge on any atom is -0.317 e. The highest BCUT2D eigenvalue weighted by molar-refractivity contribution is 6.31. The predicted molar refractivity (Wildman–Crippen MR) is 82.9 cm³/mol.